The SMILES string of the molecule is CCNC(=O)N(c1ccccc1)c1ccc2ncc(-c3ccc(NC(=O)OCC)cc3)nc2n1. The maximum absolute atomic E-state index is 12.8. The summed E-state index contributed by atoms with van der Waals surface area (Å²) in [5.41, 5.74) is 3.74. The van der Waals surface area contributed by atoms with Crippen molar-refractivity contribution in [1.29, 1.82) is 0 Å². The first kappa shape index (κ1) is 22.7. The van der Waals surface area contributed by atoms with Crippen LogP contribution in [0.1, 0.15) is 13.8 Å². The van der Waals surface area contributed by atoms with Crippen molar-refractivity contribution in [3.63, 3.8) is 0 Å². The van der Waals surface area contributed by atoms with Gasteiger partial charge in [-0.05, 0) is 50.2 Å². The van der Waals surface area contributed by atoms with Gasteiger partial charge in [-0.25, -0.2) is 24.5 Å². The lowest BCUT2D eigenvalue weighted by Gasteiger charge is -2.22. The molecule has 2 heterocycles. The lowest BCUT2D eigenvalue weighted by molar-refractivity contribution is 0.168. The van der Waals surface area contributed by atoms with E-state index < -0.39 is 6.09 Å². The van der Waals surface area contributed by atoms with Gasteiger partial charge in [0.15, 0.2) is 5.65 Å². The number of pyridine rings is 1. The fourth-order valence-corrected chi connectivity index (χ4v) is 3.32. The Labute approximate surface area is 196 Å². The Morgan fingerprint density at radius 3 is 2.41 bits per heavy atom. The van der Waals surface area contributed by atoms with Crippen LogP contribution in [-0.2, 0) is 4.74 Å². The first-order chi connectivity index (χ1) is 16.6. The van der Waals surface area contributed by atoms with E-state index in [1.54, 1.807) is 37.4 Å². The fraction of sp³-hybridized carbons (Fsp3) is 0.160. The second-order valence-corrected chi connectivity index (χ2v) is 7.20. The molecule has 0 unspecified atom stereocenters. The fourth-order valence-electron chi connectivity index (χ4n) is 3.32. The summed E-state index contributed by atoms with van der Waals surface area (Å²) in [6, 6.07) is 19.7. The van der Waals surface area contributed by atoms with Crippen LogP contribution in [0.5, 0.6) is 0 Å². The zero-order valence-corrected chi connectivity index (χ0v) is 18.9. The predicted molar refractivity (Wildman–Crippen MR) is 131 cm³/mol. The maximum atomic E-state index is 12.8. The summed E-state index contributed by atoms with van der Waals surface area (Å²) >= 11 is 0. The van der Waals surface area contributed by atoms with Gasteiger partial charge in [0.05, 0.1) is 24.2 Å². The molecule has 0 aliphatic heterocycles. The molecule has 0 aliphatic carbocycles. The summed E-state index contributed by atoms with van der Waals surface area (Å²) in [5, 5.41) is 5.48. The van der Waals surface area contributed by atoms with Crippen LogP contribution in [0.4, 0.5) is 26.8 Å². The lowest BCUT2D eigenvalue weighted by atomic mass is 10.1. The lowest BCUT2D eigenvalue weighted by Crippen LogP contribution is -2.37. The van der Waals surface area contributed by atoms with E-state index in [1.165, 1.54) is 4.90 Å². The molecule has 0 bridgehead atoms. The number of aromatic nitrogens is 3. The topological polar surface area (TPSA) is 109 Å². The maximum Gasteiger partial charge on any atom is 0.411 e. The molecule has 0 atom stereocenters. The molecule has 0 fully saturated rings. The molecule has 172 valence electrons. The zero-order valence-electron chi connectivity index (χ0n) is 18.9. The van der Waals surface area contributed by atoms with E-state index in [0.717, 1.165) is 5.56 Å². The standard InChI is InChI=1S/C25H24N6O3/c1-3-26-24(32)31(19-8-6-5-7-9-19)22-15-14-20-23(30-22)29-21(16-27-20)17-10-12-18(13-11-17)28-25(33)34-4-2/h5-16H,3-4H2,1-2H3,(H,26,32)(H,28,33). The number of carbonyl (C=O) groups is 2. The first-order valence-corrected chi connectivity index (χ1v) is 10.9. The highest BCUT2D eigenvalue weighted by Gasteiger charge is 2.19. The van der Waals surface area contributed by atoms with Crippen molar-refractivity contribution in [2.45, 2.75) is 13.8 Å². The molecular weight excluding hydrogens is 432 g/mol. The van der Waals surface area contributed by atoms with E-state index in [9.17, 15) is 9.59 Å². The number of nitrogens with zero attached hydrogens (tertiary/aromatic N) is 4. The summed E-state index contributed by atoms with van der Waals surface area (Å²) in [6.45, 7) is 4.39. The third-order valence-electron chi connectivity index (χ3n) is 4.87. The highest BCUT2D eigenvalue weighted by Crippen LogP contribution is 2.26. The van der Waals surface area contributed by atoms with Crippen LogP contribution < -0.4 is 15.5 Å². The Morgan fingerprint density at radius 1 is 0.941 bits per heavy atom. The molecule has 0 saturated carbocycles. The second-order valence-electron chi connectivity index (χ2n) is 7.20. The number of nitrogens with one attached hydrogen (secondary N) is 2. The molecule has 2 N–H and O–H groups in total. The average molecular weight is 457 g/mol. The minimum atomic E-state index is -0.507. The van der Waals surface area contributed by atoms with E-state index >= 15 is 0 Å². The van der Waals surface area contributed by atoms with Gasteiger partial charge in [0.25, 0.3) is 0 Å². The van der Waals surface area contributed by atoms with Crippen molar-refractivity contribution in [2.75, 3.05) is 23.4 Å². The number of hydrogen-bond acceptors (Lipinski definition) is 6. The van der Waals surface area contributed by atoms with Gasteiger partial charge in [0.2, 0.25) is 0 Å². The van der Waals surface area contributed by atoms with Crippen molar-refractivity contribution in [2.24, 2.45) is 0 Å². The number of hydrogen-bond donors (Lipinski definition) is 2. The number of urea groups is 1. The van der Waals surface area contributed by atoms with E-state index in [4.69, 9.17) is 4.74 Å². The van der Waals surface area contributed by atoms with E-state index in [-0.39, 0.29) is 6.03 Å². The van der Waals surface area contributed by atoms with Crippen molar-refractivity contribution >= 4 is 40.5 Å². The Kier molecular flexibility index (Phi) is 6.92. The van der Waals surface area contributed by atoms with Crippen molar-refractivity contribution < 1.29 is 14.3 Å². The molecule has 9 nitrogen and oxygen atoms in total. The van der Waals surface area contributed by atoms with Crippen LogP contribution in [-0.4, -0.2) is 40.2 Å². The molecule has 2 aromatic heterocycles. The normalized spacial score (nSPS) is 10.5. The summed E-state index contributed by atoms with van der Waals surface area (Å²) in [6.07, 6.45) is 1.16. The third-order valence-corrected chi connectivity index (χ3v) is 4.87. The number of fused-ring (bicyclic) bond motifs is 1. The Morgan fingerprint density at radius 2 is 1.71 bits per heavy atom. The first-order valence-electron chi connectivity index (χ1n) is 10.9. The van der Waals surface area contributed by atoms with E-state index in [0.29, 0.717) is 47.2 Å². The van der Waals surface area contributed by atoms with Crippen LogP contribution in [0.15, 0.2) is 72.9 Å². The molecule has 0 radical (unpaired) electrons. The van der Waals surface area contributed by atoms with Gasteiger partial charge in [-0.3, -0.25) is 10.3 Å². The Hall–Kier alpha value is -4.53. The highest BCUT2D eigenvalue weighted by molar-refractivity contribution is 5.99. The zero-order chi connectivity index (χ0) is 23.9. The number of rotatable bonds is 6. The van der Waals surface area contributed by atoms with Gasteiger partial charge in [0, 0.05) is 17.8 Å². The van der Waals surface area contributed by atoms with Crippen LogP contribution in [0.2, 0.25) is 0 Å². The summed E-state index contributed by atoms with van der Waals surface area (Å²) in [7, 11) is 0. The number of amides is 3. The molecule has 0 saturated heterocycles. The minimum Gasteiger partial charge on any atom is -0.450 e. The van der Waals surface area contributed by atoms with Crippen molar-refractivity contribution in [3.05, 3.63) is 72.9 Å². The quantitative estimate of drug-likeness (QED) is 0.416. The van der Waals surface area contributed by atoms with Crippen LogP contribution >= 0.6 is 0 Å². The molecule has 4 aromatic rings. The van der Waals surface area contributed by atoms with Crippen LogP contribution in [0, 0.1) is 0 Å². The molecule has 9 heteroatoms. The molecule has 0 aliphatic rings. The smallest absolute Gasteiger partial charge is 0.411 e. The molecule has 4 rings (SSSR count). The second kappa shape index (κ2) is 10.4. The molecular formula is C25H24N6O3. The minimum absolute atomic E-state index is 0.283. The molecule has 2 aromatic carbocycles. The molecule has 0 spiro atoms. The van der Waals surface area contributed by atoms with Gasteiger partial charge in [-0.15, -0.1) is 0 Å². The van der Waals surface area contributed by atoms with Crippen molar-refractivity contribution in [3.8, 4) is 11.3 Å². The predicted octanol–water partition coefficient (Wildman–Crippen LogP) is 5.13. The number of benzene rings is 2. The van der Waals surface area contributed by atoms with Gasteiger partial charge in [-0.1, -0.05) is 30.3 Å². The Bertz CT molecular complexity index is 1300. The van der Waals surface area contributed by atoms with Gasteiger partial charge < -0.3 is 10.1 Å². The number of carbonyl (C=O) groups excluding carboxylic acids is 2. The van der Waals surface area contributed by atoms with Gasteiger partial charge >= 0.3 is 12.1 Å². The number of para-hydroxylation sites is 1. The van der Waals surface area contributed by atoms with Gasteiger partial charge in [0.1, 0.15) is 11.3 Å². The largest absolute Gasteiger partial charge is 0.450 e. The molecule has 3 amide bonds. The van der Waals surface area contributed by atoms with E-state index in [1.807, 2.05) is 49.4 Å². The number of anilines is 3. The third kappa shape index (κ3) is 5.09. The van der Waals surface area contributed by atoms with Crippen molar-refractivity contribution in [1.82, 2.24) is 20.3 Å². The average Bonchev–Trinajstić information content (AvgIpc) is 2.85. The number of ether oxygens (including phenoxy) is 1. The summed E-state index contributed by atoms with van der Waals surface area (Å²) in [5.74, 6) is 0.435. The van der Waals surface area contributed by atoms with Crippen LogP contribution in [0.25, 0.3) is 22.4 Å². The monoisotopic (exact) mass is 456 g/mol. The van der Waals surface area contributed by atoms with E-state index in [2.05, 4.69) is 25.6 Å². The molecule has 34 heavy (non-hydrogen) atoms. The van der Waals surface area contributed by atoms with Gasteiger partial charge in [-0.2, -0.15) is 0 Å². The summed E-state index contributed by atoms with van der Waals surface area (Å²) < 4.78 is 4.89. The highest BCUT2D eigenvalue weighted by atomic mass is 16.5. The summed E-state index contributed by atoms with van der Waals surface area (Å²) in [4.78, 5) is 39.7. The Balaban J connectivity index is 1.66. The van der Waals surface area contributed by atoms with Crippen LogP contribution in [0.3, 0.4) is 0 Å².